The van der Waals surface area contributed by atoms with Gasteiger partial charge < -0.3 is 10.1 Å². The fraction of sp³-hybridized carbons (Fsp3) is 0.261. The molecule has 0 saturated carbocycles. The summed E-state index contributed by atoms with van der Waals surface area (Å²) in [7, 11) is 1.36. The zero-order valence-electron chi connectivity index (χ0n) is 16.4. The largest absolute Gasteiger partial charge is 0.469 e. The summed E-state index contributed by atoms with van der Waals surface area (Å²) in [6.07, 6.45) is 0.813. The molecule has 28 heavy (non-hydrogen) atoms. The molecule has 5 heteroatoms. The molecule has 1 amide bonds. The van der Waals surface area contributed by atoms with E-state index in [0.29, 0.717) is 18.5 Å². The summed E-state index contributed by atoms with van der Waals surface area (Å²) in [5, 5.41) is 3.71. The van der Waals surface area contributed by atoms with Gasteiger partial charge in [-0.1, -0.05) is 42.0 Å². The van der Waals surface area contributed by atoms with Gasteiger partial charge in [0, 0.05) is 23.9 Å². The minimum atomic E-state index is -0.277. The second-order valence-electron chi connectivity index (χ2n) is 6.83. The number of methoxy groups -OCH3 is 1. The molecule has 0 aliphatic heterocycles. The smallest absolute Gasteiger partial charge is 0.305 e. The number of nitrogens with one attached hydrogen (secondary N) is 1. The lowest BCUT2D eigenvalue weighted by Crippen LogP contribution is -2.25. The van der Waals surface area contributed by atoms with Gasteiger partial charge >= 0.3 is 5.97 Å². The molecule has 0 atom stereocenters. The van der Waals surface area contributed by atoms with E-state index in [2.05, 4.69) is 23.0 Å². The molecule has 144 valence electrons. The Bertz CT molecular complexity index is 1030. The molecule has 2 aromatic carbocycles. The van der Waals surface area contributed by atoms with Crippen molar-refractivity contribution in [2.75, 3.05) is 13.7 Å². The van der Waals surface area contributed by atoms with Crippen molar-refractivity contribution < 1.29 is 14.3 Å². The van der Waals surface area contributed by atoms with Gasteiger partial charge in [0.1, 0.15) is 0 Å². The van der Waals surface area contributed by atoms with Crippen molar-refractivity contribution in [3.63, 3.8) is 0 Å². The Morgan fingerprint density at radius 2 is 1.86 bits per heavy atom. The first kappa shape index (κ1) is 19.5. The van der Waals surface area contributed by atoms with Gasteiger partial charge in [-0.3, -0.25) is 9.59 Å². The number of esters is 1. The highest BCUT2D eigenvalue weighted by molar-refractivity contribution is 6.07. The Morgan fingerprint density at radius 3 is 2.61 bits per heavy atom. The van der Waals surface area contributed by atoms with Gasteiger partial charge in [-0.2, -0.15) is 0 Å². The molecule has 1 aromatic heterocycles. The lowest BCUT2D eigenvalue weighted by molar-refractivity contribution is -0.140. The lowest BCUT2D eigenvalue weighted by Gasteiger charge is -2.12. The summed E-state index contributed by atoms with van der Waals surface area (Å²) < 4.78 is 4.62. The van der Waals surface area contributed by atoms with Crippen molar-refractivity contribution in [2.24, 2.45) is 0 Å². The SMILES string of the molecule is COC(=O)CCCNC(=O)c1cc(-c2ccc(C)cc2C)nc2ccccc12. The van der Waals surface area contributed by atoms with Gasteiger partial charge in [0.2, 0.25) is 0 Å². The van der Waals surface area contributed by atoms with Gasteiger partial charge in [0.05, 0.1) is 23.9 Å². The van der Waals surface area contributed by atoms with Crippen LogP contribution < -0.4 is 5.32 Å². The van der Waals surface area contributed by atoms with E-state index < -0.39 is 0 Å². The molecule has 5 nitrogen and oxygen atoms in total. The number of rotatable bonds is 6. The van der Waals surface area contributed by atoms with Crippen LogP contribution in [0.25, 0.3) is 22.2 Å². The molecular formula is C23H24N2O3. The number of aromatic nitrogens is 1. The Labute approximate surface area is 164 Å². The number of fused-ring (bicyclic) bond motifs is 1. The number of ether oxygens (including phenoxy) is 1. The van der Waals surface area contributed by atoms with Gasteiger partial charge in [-0.25, -0.2) is 4.98 Å². The van der Waals surface area contributed by atoms with E-state index in [-0.39, 0.29) is 18.3 Å². The van der Waals surface area contributed by atoms with Crippen LogP contribution in [0.1, 0.15) is 34.3 Å². The van der Waals surface area contributed by atoms with Crippen molar-refractivity contribution in [1.29, 1.82) is 0 Å². The molecule has 0 fully saturated rings. The normalized spacial score (nSPS) is 10.7. The Morgan fingerprint density at radius 1 is 1.07 bits per heavy atom. The van der Waals surface area contributed by atoms with E-state index in [1.54, 1.807) is 0 Å². The molecule has 1 N–H and O–H groups in total. The topological polar surface area (TPSA) is 68.3 Å². The van der Waals surface area contributed by atoms with Crippen molar-refractivity contribution in [2.45, 2.75) is 26.7 Å². The Hall–Kier alpha value is -3.21. The molecule has 0 unspecified atom stereocenters. The van der Waals surface area contributed by atoms with E-state index in [0.717, 1.165) is 27.7 Å². The monoisotopic (exact) mass is 376 g/mol. The van der Waals surface area contributed by atoms with E-state index >= 15 is 0 Å². The minimum Gasteiger partial charge on any atom is -0.469 e. The number of pyridine rings is 1. The molecule has 1 heterocycles. The molecular weight excluding hydrogens is 352 g/mol. The third kappa shape index (κ3) is 4.36. The van der Waals surface area contributed by atoms with Crippen LogP contribution in [0.15, 0.2) is 48.5 Å². The van der Waals surface area contributed by atoms with E-state index in [1.807, 2.05) is 49.4 Å². The number of amides is 1. The molecule has 0 saturated heterocycles. The highest BCUT2D eigenvalue weighted by atomic mass is 16.5. The van der Waals surface area contributed by atoms with Crippen molar-refractivity contribution >= 4 is 22.8 Å². The standard InChI is InChI=1S/C23H24N2O3/c1-15-10-11-17(16(2)13-15)21-14-19(18-7-4-5-8-20(18)25-21)23(27)24-12-6-9-22(26)28-3/h4-5,7-8,10-11,13-14H,6,9,12H2,1-3H3,(H,24,27). The molecule has 0 radical (unpaired) electrons. The van der Waals surface area contributed by atoms with Crippen molar-refractivity contribution in [3.05, 3.63) is 65.2 Å². The van der Waals surface area contributed by atoms with E-state index in [9.17, 15) is 9.59 Å². The van der Waals surface area contributed by atoms with Crippen LogP contribution in [0, 0.1) is 13.8 Å². The number of aryl methyl sites for hydroxylation is 2. The fourth-order valence-electron chi connectivity index (χ4n) is 3.23. The summed E-state index contributed by atoms with van der Waals surface area (Å²) in [6, 6.07) is 15.7. The zero-order chi connectivity index (χ0) is 20.1. The Kier molecular flexibility index (Phi) is 6.04. The van der Waals surface area contributed by atoms with Gasteiger partial charge in [-0.05, 0) is 38.0 Å². The van der Waals surface area contributed by atoms with Crippen LogP contribution in [0.3, 0.4) is 0 Å². The number of carbonyl (C=O) groups is 2. The Balaban J connectivity index is 1.92. The molecule has 3 rings (SSSR count). The molecule has 0 aliphatic carbocycles. The second kappa shape index (κ2) is 8.65. The van der Waals surface area contributed by atoms with Crippen molar-refractivity contribution in [1.82, 2.24) is 10.3 Å². The summed E-state index contributed by atoms with van der Waals surface area (Å²) in [4.78, 5) is 28.8. The zero-order valence-corrected chi connectivity index (χ0v) is 16.4. The number of nitrogens with zero attached hydrogens (tertiary/aromatic N) is 1. The molecule has 0 aliphatic rings. The molecule has 0 bridgehead atoms. The number of para-hydroxylation sites is 1. The number of hydrogen-bond donors (Lipinski definition) is 1. The predicted octanol–water partition coefficient (Wildman–Crippen LogP) is 4.20. The van der Waals surface area contributed by atoms with Crippen LogP contribution in [-0.2, 0) is 9.53 Å². The summed E-state index contributed by atoms with van der Waals surface area (Å²) in [6.45, 7) is 4.51. The quantitative estimate of drug-likeness (QED) is 0.517. The maximum Gasteiger partial charge on any atom is 0.305 e. The first-order valence-corrected chi connectivity index (χ1v) is 9.32. The van der Waals surface area contributed by atoms with Gasteiger partial charge in [0.25, 0.3) is 5.91 Å². The van der Waals surface area contributed by atoms with Crippen LogP contribution >= 0.6 is 0 Å². The second-order valence-corrected chi connectivity index (χ2v) is 6.83. The minimum absolute atomic E-state index is 0.172. The maximum absolute atomic E-state index is 12.8. The third-order valence-corrected chi connectivity index (χ3v) is 4.69. The van der Waals surface area contributed by atoms with Crippen LogP contribution in [-0.4, -0.2) is 30.5 Å². The average Bonchev–Trinajstić information content (AvgIpc) is 2.70. The summed E-state index contributed by atoms with van der Waals surface area (Å²) in [5.74, 6) is -0.449. The first-order chi connectivity index (χ1) is 13.5. The van der Waals surface area contributed by atoms with E-state index in [1.165, 1.54) is 12.7 Å². The highest BCUT2D eigenvalue weighted by Crippen LogP contribution is 2.27. The van der Waals surface area contributed by atoms with Gasteiger partial charge in [0.15, 0.2) is 0 Å². The molecule has 0 spiro atoms. The maximum atomic E-state index is 12.8. The molecule has 3 aromatic rings. The first-order valence-electron chi connectivity index (χ1n) is 9.32. The van der Waals surface area contributed by atoms with E-state index in [4.69, 9.17) is 4.98 Å². The van der Waals surface area contributed by atoms with Crippen LogP contribution in [0.4, 0.5) is 0 Å². The number of benzene rings is 2. The average molecular weight is 376 g/mol. The predicted molar refractivity (Wildman–Crippen MR) is 110 cm³/mol. The van der Waals surface area contributed by atoms with Crippen LogP contribution in [0.2, 0.25) is 0 Å². The lowest BCUT2D eigenvalue weighted by atomic mass is 9.99. The van der Waals surface area contributed by atoms with Gasteiger partial charge in [-0.15, -0.1) is 0 Å². The summed E-state index contributed by atoms with van der Waals surface area (Å²) in [5.41, 5.74) is 5.45. The van der Waals surface area contributed by atoms with Crippen LogP contribution in [0.5, 0.6) is 0 Å². The third-order valence-electron chi connectivity index (χ3n) is 4.69. The number of carbonyl (C=O) groups excluding carboxylic acids is 2. The van der Waals surface area contributed by atoms with Crippen molar-refractivity contribution in [3.8, 4) is 11.3 Å². The number of hydrogen-bond acceptors (Lipinski definition) is 4. The fourth-order valence-corrected chi connectivity index (χ4v) is 3.23. The summed E-state index contributed by atoms with van der Waals surface area (Å²) >= 11 is 0. The highest BCUT2D eigenvalue weighted by Gasteiger charge is 2.15.